The molecule has 0 atom stereocenters. The van der Waals surface area contributed by atoms with Crippen molar-refractivity contribution in [3.63, 3.8) is 0 Å². The van der Waals surface area contributed by atoms with Crippen LogP contribution in [0.1, 0.15) is 51.4 Å². The highest BCUT2D eigenvalue weighted by molar-refractivity contribution is 5.78. The lowest BCUT2D eigenvalue weighted by atomic mass is 9.80. The molecule has 0 unspecified atom stereocenters. The third kappa shape index (κ3) is 2.79. The molecule has 3 N–H and O–H groups in total. The van der Waals surface area contributed by atoms with Crippen molar-refractivity contribution >= 4 is 5.91 Å². The summed E-state index contributed by atoms with van der Waals surface area (Å²) in [5.74, 6) is -0.561. The smallest absolute Gasteiger partial charge is 0.342 e. The van der Waals surface area contributed by atoms with Crippen molar-refractivity contribution in [3.05, 3.63) is 0 Å². The molecule has 0 aromatic rings. The first kappa shape index (κ1) is 13.6. The predicted octanol–water partition coefficient (Wildman–Crippen LogP) is 2.25. The molecule has 3 nitrogen and oxygen atoms in total. The van der Waals surface area contributed by atoms with Gasteiger partial charge in [-0.25, -0.2) is 0 Å². The second-order valence-electron chi connectivity index (χ2n) is 5.73. The summed E-state index contributed by atoms with van der Waals surface area (Å²) >= 11 is 0. The summed E-state index contributed by atoms with van der Waals surface area (Å²) in [5, 5.41) is 2.14. The zero-order valence-electron chi connectivity index (χ0n) is 10.3. The van der Waals surface area contributed by atoms with E-state index in [1.54, 1.807) is 0 Å². The Morgan fingerprint density at radius 3 is 2.11 bits per heavy atom. The van der Waals surface area contributed by atoms with Crippen LogP contribution in [0.25, 0.3) is 0 Å². The summed E-state index contributed by atoms with van der Waals surface area (Å²) in [6.45, 7) is 0. The number of rotatable bonds is 3. The number of nitrogens with two attached hydrogens (primary N) is 1. The number of alkyl halides is 3. The van der Waals surface area contributed by atoms with E-state index < -0.39 is 23.2 Å². The van der Waals surface area contributed by atoms with E-state index in [0.717, 1.165) is 32.1 Å². The fourth-order valence-electron chi connectivity index (χ4n) is 2.67. The Balaban J connectivity index is 1.89. The monoisotopic (exact) mass is 264 g/mol. The molecule has 0 aromatic carbocycles. The Labute approximate surface area is 104 Å². The van der Waals surface area contributed by atoms with Crippen LogP contribution in [0.4, 0.5) is 13.2 Å². The number of carbonyl (C=O) groups is 1. The molecule has 6 heteroatoms. The molecule has 0 heterocycles. The summed E-state index contributed by atoms with van der Waals surface area (Å²) in [6.07, 6.45) is 0.0652. The first-order chi connectivity index (χ1) is 8.27. The van der Waals surface area contributed by atoms with Crippen molar-refractivity contribution in [1.29, 1.82) is 0 Å². The first-order valence-corrected chi connectivity index (χ1v) is 6.43. The van der Waals surface area contributed by atoms with E-state index >= 15 is 0 Å². The van der Waals surface area contributed by atoms with Crippen LogP contribution in [-0.2, 0) is 4.79 Å². The maximum absolute atomic E-state index is 12.7. The summed E-state index contributed by atoms with van der Waals surface area (Å²) in [5.41, 5.74) is 3.50. The third-order valence-electron chi connectivity index (χ3n) is 4.03. The highest BCUT2D eigenvalue weighted by Crippen LogP contribution is 2.49. The summed E-state index contributed by atoms with van der Waals surface area (Å²) in [4.78, 5) is 11.7. The van der Waals surface area contributed by atoms with Crippen molar-refractivity contribution in [1.82, 2.24) is 5.32 Å². The van der Waals surface area contributed by atoms with Gasteiger partial charge in [-0.2, -0.15) is 13.2 Å². The number of amides is 1. The molecule has 2 aliphatic rings. The summed E-state index contributed by atoms with van der Waals surface area (Å²) in [7, 11) is 0. The molecule has 18 heavy (non-hydrogen) atoms. The van der Waals surface area contributed by atoms with Crippen LogP contribution >= 0.6 is 0 Å². The predicted molar refractivity (Wildman–Crippen MR) is 60.8 cm³/mol. The van der Waals surface area contributed by atoms with Crippen LogP contribution in [0.5, 0.6) is 0 Å². The second kappa shape index (κ2) is 4.40. The maximum Gasteiger partial charge on any atom is 0.411 e. The summed E-state index contributed by atoms with van der Waals surface area (Å²) < 4.78 is 38.1. The van der Waals surface area contributed by atoms with Crippen molar-refractivity contribution in [2.45, 2.75) is 68.6 Å². The minimum Gasteiger partial charge on any atom is -0.342 e. The Morgan fingerprint density at radius 2 is 1.67 bits per heavy atom. The van der Waals surface area contributed by atoms with Gasteiger partial charge in [-0.3, -0.25) is 4.79 Å². The van der Waals surface area contributed by atoms with Gasteiger partial charge >= 0.3 is 6.18 Å². The van der Waals surface area contributed by atoms with Crippen molar-refractivity contribution in [2.24, 2.45) is 5.73 Å². The van der Waals surface area contributed by atoms with E-state index in [1.807, 2.05) is 0 Å². The molecule has 0 radical (unpaired) electrons. The average Bonchev–Trinajstić information content (AvgIpc) is 2.97. The molecule has 1 amide bonds. The molecule has 2 rings (SSSR count). The van der Waals surface area contributed by atoms with Gasteiger partial charge in [-0.05, 0) is 25.7 Å². The normalized spacial score (nSPS) is 25.6. The lowest BCUT2D eigenvalue weighted by Crippen LogP contribution is -2.52. The SMILES string of the molecule is NC1(CC(=O)NC2(C(F)(F)F)CC2)CCCCC1. The van der Waals surface area contributed by atoms with Gasteiger partial charge in [0.25, 0.3) is 0 Å². The summed E-state index contributed by atoms with van der Waals surface area (Å²) in [6, 6.07) is 0. The van der Waals surface area contributed by atoms with E-state index in [0.29, 0.717) is 0 Å². The minimum atomic E-state index is -4.35. The highest BCUT2D eigenvalue weighted by atomic mass is 19.4. The van der Waals surface area contributed by atoms with E-state index in [-0.39, 0.29) is 19.3 Å². The van der Waals surface area contributed by atoms with E-state index in [2.05, 4.69) is 5.32 Å². The standard InChI is InChI=1S/C12H19F3N2O/c13-12(14,15)11(6-7-11)17-9(18)8-10(16)4-2-1-3-5-10/h1-8,16H2,(H,17,18). The fraction of sp³-hybridized carbons (Fsp3) is 0.917. The van der Waals surface area contributed by atoms with Crippen LogP contribution in [0.2, 0.25) is 0 Å². The maximum atomic E-state index is 12.7. The Kier molecular flexibility index (Phi) is 3.34. The topological polar surface area (TPSA) is 55.1 Å². The third-order valence-corrected chi connectivity index (χ3v) is 4.03. The highest BCUT2D eigenvalue weighted by Gasteiger charge is 2.64. The second-order valence-corrected chi connectivity index (χ2v) is 5.73. The van der Waals surface area contributed by atoms with E-state index in [9.17, 15) is 18.0 Å². The lowest BCUT2D eigenvalue weighted by Gasteiger charge is -2.33. The fourth-order valence-corrected chi connectivity index (χ4v) is 2.67. The molecule has 0 aromatic heterocycles. The van der Waals surface area contributed by atoms with Crippen LogP contribution in [0.3, 0.4) is 0 Å². The Bertz CT molecular complexity index is 331. The molecule has 0 spiro atoms. The van der Waals surface area contributed by atoms with Crippen LogP contribution in [-0.4, -0.2) is 23.2 Å². The van der Waals surface area contributed by atoms with Gasteiger partial charge in [0.05, 0.1) is 0 Å². The van der Waals surface area contributed by atoms with Crippen molar-refractivity contribution in [2.75, 3.05) is 0 Å². The zero-order chi connectivity index (χ0) is 13.4. The van der Waals surface area contributed by atoms with Gasteiger partial charge in [0.1, 0.15) is 5.54 Å². The Hall–Kier alpha value is -0.780. The van der Waals surface area contributed by atoms with Crippen molar-refractivity contribution < 1.29 is 18.0 Å². The lowest BCUT2D eigenvalue weighted by molar-refractivity contribution is -0.170. The van der Waals surface area contributed by atoms with E-state index in [1.165, 1.54) is 0 Å². The molecule has 0 aliphatic heterocycles. The van der Waals surface area contributed by atoms with Gasteiger partial charge in [-0.15, -0.1) is 0 Å². The number of hydrogen-bond donors (Lipinski definition) is 2. The van der Waals surface area contributed by atoms with Gasteiger partial charge in [0.15, 0.2) is 0 Å². The average molecular weight is 264 g/mol. The van der Waals surface area contributed by atoms with E-state index in [4.69, 9.17) is 5.73 Å². The Morgan fingerprint density at radius 1 is 1.11 bits per heavy atom. The van der Waals surface area contributed by atoms with Gasteiger partial charge < -0.3 is 11.1 Å². The van der Waals surface area contributed by atoms with Crippen molar-refractivity contribution in [3.8, 4) is 0 Å². The molecule has 2 aliphatic carbocycles. The van der Waals surface area contributed by atoms with Crippen LogP contribution in [0.15, 0.2) is 0 Å². The number of halogens is 3. The first-order valence-electron chi connectivity index (χ1n) is 6.43. The molecular weight excluding hydrogens is 245 g/mol. The van der Waals surface area contributed by atoms with Gasteiger partial charge in [-0.1, -0.05) is 19.3 Å². The molecule has 0 saturated heterocycles. The molecule has 2 saturated carbocycles. The number of carbonyl (C=O) groups excluding carboxylic acids is 1. The largest absolute Gasteiger partial charge is 0.411 e. The molecule has 2 fully saturated rings. The van der Waals surface area contributed by atoms with Gasteiger partial charge in [0, 0.05) is 12.0 Å². The minimum absolute atomic E-state index is 0.00479. The van der Waals surface area contributed by atoms with Gasteiger partial charge in [0.2, 0.25) is 5.91 Å². The quantitative estimate of drug-likeness (QED) is 0.821. The molecular formula is C12H19F3N2O. The molecule has 0 bridgehead atoms. The number of nitrogens with one attached hydrogen (secondary N) is 1. The van der Waals surface area contributed by atoms with Crippen LogP contribution in [0, 0.1) is 0 Å². The molecule has 104 valence electrons. The number of hydrogen-bond acceptors (Lipinski definition) is 2. The zero-order valence-corrected chi connectivity index (χ0v) is 10.3. The van der Waals surface area contributed by atoms with Crippen LogP contribution < -0.4 is 11.1 Å².